The van der Waals surface area contributed by atoms with Crippen molar-refractivity contribution in [3.05, 3.63) is 71.5 Å². The molecule has 1 spiro atoms. The molecule has 1 saturated carbocycles. The van der Waals surface area contributed by atoms with Gasteiger partial charge in [0.1, 0.15) is 17.6 Å². The molecule has 1 N–H and O–H groups in total. The number of carbonyl (C=O) groups excluding carboxylic acids is 2. The van der Waals surface area contributed by atoms with Gasteiger partial charge in [-0.15, -0.1) is 13.2 Å². The van der Waals surface area contributed by atoms with Crippen molar-refractivity contribution in [3.63, 3.8) is 0 Å². The van der Waals surface area contributed by atoms with Gasteiger partial charge in [-0.3, -0.25) is 9.59 Å². The van der Waals surface area contributed by atoms with Crippen LogP contribution in [0.2, 0.25) is 0 Å². The molecule has 2 aromatic rings. The lowest BCUT2D eigenvalue weighted by molar-refractivity contribution is -0.960. The van der Waals surface area contributed by atoms with E-state index in [0.717, 1.165) is 67.0 Å². The first-order valence-electron chi connectivity index (χ1n) is 15.7. The fraction of sp³-hybridized carbons (Fsp3) is 0.486. The van der Waals surface area contributed by atoms with Crippen molar-refractivity contribution in [2.75, 3.05) is 25.0 Å². The number of benzene rings is 2. The maximum Gasteiger partial charge on any atom is 0.573 e. The molecule has 4 aliphatic rings. The topological polar surface area (TPSA) is 73.9 Å². The Morgan fingerprint density at radius 1 is 1.22 bits per heavy atom. The minimum atomic E-state index is -5.09. The number of hydrogen-bond donors (Lipinski definition) is 1. The van der Waals surface area contributed by atoms with Crippen LogP contribution in [-0.4, -0.2) is 54.5 Å². The zero-order valence-electron chi connectivity index (χ0n) is 25.9. The highest BCUT2D eigenvalue weighted by atomic mass is 19.4. The van der Waals surface area contributed by atoms with E-state index in [0.29, 0.717) is 35.3 Å². The number of halogens is 3. The predicted molar refractivity (Wildman–Crippen MR) is 163 cm³/mol. The maximum absolute atomic E-state index is 13.5. The SMILES string of the molecule is C=CC[N+]1(CC(C)C)CC[C@]23c4c5c(OC(C)=O)cc(NC(=O)C(=Cc6ccccc6)OC(F)(F)F)c4O[C@H]2CCC[C@H]3[C@H]1C5. The van der Waals surface area contributed by atoms with E-state index in [1.807, 2.05) is 6.08 Å². The molecule has 6 rings (SSSR count). The first-order chi connectivity index (χ1) is 21.4. The molecule has 2 heterocycles. The number of nitrogens with zero attached hydrogens (tertiary/aromatic N) is 1. The third-order valence-electron chi connectivity index (χ3n) is 10.1. The number of likely N-dealkylation sites (tertiary alicyclic amines) is 1. The zero-order valence-corrected chi connectivity index (χ0v) is 25.9. The van der Waals surface area contributed by atoms with Gasteiger partial charge in [0.15, 0.2) is 5.76 Å². The van der Waals surface area contributed by atoms with Crippen molar-refractivity contribution in [1.29, 1.82) is 0 Å². The summed E-state index contributed by atoms with van der Waals surface area (Å²) in [5, 5.41) is 2.64. The first kappa shape index (κ1) is 31.2. The first-order valence-corrected chi connectivity index (χ1v) is 15.7. The van der Waals surface area contributed by atoms with E-state index in [1.54, 1.807) is 30.3 Å². The maximum atomic E-state index is 13.5. The molecule has 0 aromatic heterocycles. The van der Waals surface area contributed by atoms with E-state index < -0.39 is 24.0 Å². The lowest BCUT2D eigenvalue weighted by atomic mass is 9.51. The molecule has 1 unspecified atom stereocenters. The number of nitrogens with one attached hydrogen (secondary N) is 1. The molecular weight excluding hydrogens is 585 g/mol. The largest absolute Gasteiger partial charge is 0.573 e. The van der Waals surface area contributed by atoms with Crippen LogP contribution in [0, 0.1) is 11.8 Å². The van der Waals surface area contributed by atoms with Crippen molar-refractivity contribution in [1.82, 2.24) is 0 Å². The lowest BCUT2D eigenvalue weighted by Gasteiger charge is -2.62. The van der Waals surface area contributed by atoms with Crippen LogP contribution in [0.4, 0.5) is 18.9 Å². The number of carbonyl (C=O) groups is 2. The number of quaternary nitrogens is 1. The van der Waals surface area contributed by atoms with Gasteiger partial charge in [0.05, 0.1) is 36.8 Å². The van der Waals surface area contributed by atoms with E-state index in [4.69, 9.17) is 9.47 Å². The molecule has 0 radical (unpaired) electrons. The summed E-state index contributed by atoms with van der Waals surface area (Å²) in [6.07, 6.45) is 2.19. The van der Waals surface area contributed by atoms with Gasteiger partial charge in [0, 0.05) is 48.8 Å². The van der Waals surface area contributed by atoms with Crippen molar-refractivity contribution in [2.24, 2.45) is 11.8 Å². The van der Waals surface area contributed by atoms with Crippen LogP contribution in [-0.2, 0) is 26.2 Å². The lowest BCUT2D eigenvalue weighted by Crippen LogP contribution is -2.72. The number of hydrogen-bond acceptors (Lipinski definition) is 5. The smallest absolute Gasteiger partial charge is 0.487 e. The van der Waals surface area contributed by atoms with Gasteiger partial charge in [0.25, 0.3) is 5.91 Å². The second-order valence-corrected chi connectivity index (χ2v) is 13.3. The Kier molecular flexibility index (Phi) is 8.00. The number of anilines is 1. The summed E-state index contributed by atoms with van der Waals surface area (Å²) in [5.74, 6) is -0.993. The Morgan fingerprint density at radius 3 is 2.64 bits per heavy atom. The minimum Gasteiger partial charge on any atom is -0.487 e. The van der Waals surface area contributed by atoms with Gasteiger partial charge in [0.2, 0.25) is 0 Å². The number of alkyl halides is 3. The number of ether oxygens (including phenoxy) is 3. The molecule has 2 bridgehead atoms. The Hall–Kier alpha value is -3.79. The second-order valence-electron chi connectivity index (χ2n) is 13.3. The predicted octanol–water partition coefficient (Wildman–Crippen LogP) is 6.91. The van der Waals surface area contributed by atoms with Crippen LogP contribution in [0.3, 0.4) is 0 Å². The Balaban J connectivity index is 1.47. The number of esters is 1. The molecule has 45 heavy (non-hydrogen) atoms. The van der Waals surface area contributed by atoms with Crippen LogP contribution in [0.25, 0.3) is 6.08 Å². The Bertz CT molecular complexity index is 1540. The van der Waals surface area contributed by atoms with E-state index in [9.17, 15) is 22.8 Å². The fourth-order valence-corrected chi connectivity index (χ4v) is 8.93. The molecule has 2 fully saturated rings. The van der Waals surface area contributed by atoms with Crippen LogP contribution in [0.15, 0.2) is 54.8 Å². The van der Waals surface area contributed by atoms with E-state index in [-0.39, 0.29) is 23.2 Å². The average molecular weight is 626 g/mol. The number of rotatable bonds is 9. The normalized spacial score (nSPS) is 28.2. The summed E-state index contributed by atoms with van der Waals surface area (Å²) in [6.45, 7) is 12.7. The van der Waals surface area contributed by atoms with Crippen molar-refractivity contribution < 1.29 is 41.5 Å². The standard InChI is InChI=1S/C35H39F3N2O5/c1-5-15-40(20-21(2)3)16-14-34-25-12-9-13-30(34)44-32-26(19-28(43-22(4)41)24(31(32)34)18-27(25)40)39-33(42)29(45-35(36,37)38)17-23-10-7-6-8-11-23/h5-8,10-11,17,19,21,25,27,30H,1,9,12-16,18,20H2,2-4H3/p+1/t25-,27+,30-,34+,40?/m0/s1. The summed E-state index contributed by atoms with van der Waals surface area (Å²) >= 11 is 0. The van der Waals surface area contributed by atoms with Gasteiger partial charge in [-0.25, -0.2) is 0 Å². The van der Waals surface area contributed by atoms with Gasteiger partial charge >= 0.3 is 12.3 Å². The third-order valence-corrected chi connectivity index (χ3v) is 10.1. The highest BCUT2D eigenvalue weighted by molar-refractivity contribution is 6.06. The highest BCUT2D eigenvalue weighted by Crippen LogP contribution is 2.66. The molecule has 1 saturated heterocycles. The second kappa shape index (κ2) is 11.5. The minimum absolute atomic E-state index is 0.147. The summed E-state index contributed by atoms with van der Waals surface area (Å²) in [5.41, 5.74) is 2.02. The van der Waals surface area contributed by atoms with Crippen molar-refractivity contribution >= 4 is 23.6 Å². The molecule has 5 atom stereocenters. The van der Waals surface area contributed by atoms with Crippen molar-refractivity contribution in [2.45, 2.75) is 76.8 Å². The van der Waals surface area contributed by atoms with Crippen molar-refractivity contribution in [3.8, 4) is 11.5 Å². The van der Waals surface area contributed by atoms with Gasteiger partial charge in [-0.2, -0.15) is 0 Å². The third kappa shape index (κ3) is 5.51. The zero-order chi connectivity index (χ0) is 32.1. The average Bonchev–Trinajstić information content (AvgIpc) is 3.30. The molecule has 2 aliphatic heterocycles. The molecule has 2 aliphatic carbocycles. The van der Waals surface area contributed by atoms with Crippen LogP contribution in [0.1, 0.15) is 63.1 Å². The molecule has 1 amide bonds. The van der Waals surface area contributed by atoms with E-state index in [1.165, 1.54) is 13.0 Å². The Morgan fingerprint density at radius 2 is 1.98 bits per heavy atom. The fourth-order valence-electron chi connectivity index (χ4n) is 8.93. The van der Waals surface area contributed by atoms with Gasteiger partial charge in [-0.1, -0.05) is 50.8 Å². The molecule has 240 valence electrons. The quantitative estimate of drug-likeness (QED) is 0.0819. The van der Waals surface area contributed by atoms with Crippen LogP contribution >= 0.6 is 0 Å². The molecule has 10 heteroatoms. The highest BCUT2D eigenvalue weighted by Gasteiger charge is 2.68. The Labute approximate surface area is 261 Å². The molecule has 2 aromatic carbocycles. The monoisotopic (exact) mass is 625 g/mol. The summed E-state index contributed by atoms with van der Waals surface area (Å²) < 4.78 is 57.9. The molecule has 7 nitrogen and oxygen atoms in total. The van der Waals surface area contributed by atoms with E-state index >= 15 is 0 Å². The van der Waals surface area contributed by atoms with Gasteiger partial charge in [-0.05, 0) is 37.0 Å². The summed E-state index contributed by atoms with van der Waals surface area (Å²) in [4.78, 5) is 25.9. The summed E-state index contributed by atoms with van der Waals surface area (Å²) in [6, 6.07) is 9.94. The summed E-state index contributed by atoms with van der Waals surface area (Å²) in [7, 11) is 0. The number of piperidine rings is 1. The van der Waals surface area contributed by atoms with Gasteiger partial charge < -0.3 is 24.0 Å². The van der Waals surface area contributed by atoms with Crippen LogP contribution < -0.4 is 14.8 Å². The van der Waals surface area contributed by atoms with Crippen LogP contribution in [0.5, 0.6) is 11.5 Å². The molecular formula is C35H40F3N2O5+. The van der Waals surface area contributed by atoms with E-state index in [2.05, 4.69) is 30.5 Å². The number of amides is 1.